The number of carbonyl (C=O) groups is 1. The molecule has 0 radical (unpaired) electrons. The molecule has 1 amide bonds. The van der Waals surface area contributed by atoms with Gasteiger partial charge in [-0.1, -0.05) is 30.3 Å². The maximum absolute atomic E-state index is 13.3. The van der Waals surface area contributed by atoms with Gasteiger partial charge >= 0.3 is 0 Å². The Kier molecular flexibility index (Phi) is 5.32. The molecule has 0 atom stereocenters. The molecule has 7 heteroatoms. The number of nitrogens with zero attached hydrogens (tertiary/aromatic N) is 2. The van der Waals surface area contributed by atoms with Gasteiger partial charge in [-0.2, -0.15) is 0 Å². The van der Waals surface area contributed by atoms with E-state index in [9.17, 15) is 19.7 Å². The normalized spacial score (nSPS) is 10.7. The summed E-state index contributed by atoms with van der Waals surface area (Å²) >= 11 is 0. The van der Waals surface area contributed by atoms with Gasteiger partial charge in [0.25, 0.3) is 17.2 Å². The zero-order chi connectivity index (χ0) is 22.0. The molecule has 3 aromatic carbocycles. The fourth-order valence-electron chi connectivity index (χ4n) is 3.42. The quantitative estimate of drug-likeness (QED) is 0.382. The molecule has 7 nitrogen and oxygen atoms in total. The summed E-state index contributed by atoms with van der Waals surface area (Å²) in [5.74, 6) is -0.357. The molecule has 1 heterocycles. The zero-order valence-corrected chi connectivity index (χ0v) is 16.7. The van der Waals surface area contributed by atoms with Crippen LogP contribution in [-0.2, 0) is 6.54 Å². The average Bonchev–Trinajstić information content (AvgIpc) is 2.78. The SMILES string of the molecule is Cc1ccc2cc(CN(C(=O)c3ccc([N+](=O)[O-])cc3)c3ccccc3)c(=O)[nH]c2c1. The Hall–Kier alpha value is -4.26. The van der Waals surface area contributed by atoms with Gasteiger partial charge in [-0.15, -0.1) is 0 Å². The number of pyridine rings is 1. The Morgan fingerprint density at radius 2 is 1.71 bits per heavy atom. The molecule has 4 rings (SSSR count). The smallest absolute Gasteiger partial charge is 0.269 e. The summed E-state index contributed by atoms with van der Waals surface area (Å²) in [6.07, 6.45) is 0. The van der Waals surface area contributed by atoms with Crippen molar-refractivity contribution < 1.29 is 9.72 Å². The molecule has 31 heavy (non-hydrogen) atoms. The van der Waals surface area contributed by atoms with Crippen LogP contribution in [0.25, 0.3) is 10.9 Å². The van der Waals surface area contributed by atoms with E-state index >= 15 is 0 Å². The number of para-hydroxylation sites is 1. The second kappa shape index (κ2) is 8.23. The summed E-state index contributed by atoms with van der Waals surface area (Å²) in [5.41, 5.74) is 2.77. The number of nitro benzene ring substituents is 1. The van der Waals surface area contributed by atoms with Crippen LogP contribution >= 0.6 is 0 Å². The second-order valence-corrected chi connectivity index (χ2v) is 7.25. The molecule has 0 aliphatic rings. The highest BCUT2D eigenvalue weighted by molar-refractivity contribution is 6.06. The molecule has 0 aliphatic carbocycles. The summed E-state index contributed by atoms with van der Waals surface area (Å²) in [6.45, 7) is 2.00. The van der Waals surface area contributed by atoms with Gasteiger partial charge in [0.1, 0.15) is 0 Å². The van der Waals surface area contributed by atoms with E-state index in [1.54, 1.807) is 30.3 Å². The van der Waals surface area contributed by atoms with Gasteiger partial charge in [0.15, 0.2) is 0 Å². The molecule has 0 unspecified atom stereocenters. The molecule has 0 saturated carbocycles. The Morgan fingerprint density at radius 1 is 1.00 bits per heavy atom. The van der Waals surface area contributed by atoms with Crippen molar-refractivity contribution in [1.82, 2.24) is 4.98 Å². The number of nitrogens with one attached hydrogen (secondary N) is 1. The van der Waals surface area contributed by atoms with Crippen LogP contribution in [0.1, 0.15) is 21.5 Å². The van der Waals surface area contributed by atoms with E-state index in [0.717, 1.165) is 16.5 Å². The number of hydrogen-bond acceptors (Lipinski definition) is 4. The molecule has 1 N–H and O–H groups in total. The van der Waals surface area contributed by atoms with Gasteiger partial charge in [-0.05, 0) is 54.3 Å². The molecule has 0 bridgehead atoms. The lowest BCUT2D eigenvalue weighted by Crippen LogP contribution is -2.32. The topological polar surface area (TPSA) is 96.3 Å². The Morgan fingerprint density at radius 3 is 2.39 bits per heavy atom. The Bertz CT molecular complexity index is 1330. The first kappa shape index (κ1) is 20.0. The molecular weight excluding hydrogens is 394 g/mol. The number of carbonyl (C=O) groups excluding carboxylic acids is 1. The van der Waals surface area contributed by atoms with Crippen molar-refractivity contribution in [3.05, 3.63) is 116 Å². The first-order valence-electron chi connectivity index (χ1n) is 9.66. The minimum absolute atomic E-state index is 0.0545. The maximum atomic E-state index is 13.3. The number of fused-ring (bicyclic) bond motifs is 1. The van der Waals surface area contributed by atoms with Crippen LogP contribution in [0.3, 0.4) is 0 Å². The highest BCUT2D eigenvalue weighted by Crippen LogP contribution is 2.22. The molecular formula is C24H19N3O4. The van der Waals surface area contributed by atoms with Crippen molar-refractivity contribution in [2.75, 3.05) is 4.90 Å². The van der Waals surface area contributed by atoms with E-state index in [1.165, 1.54) is 29.2 Å². The van der Waals surface area contributed by atoms with Gasteiger partial charge in [0.2, 0.25) is 0 Å². The predicted octanol–water partition coefficient (Wildman–Crippen LogP) is 4.59. The number of amides is 1. The van der Waals surface area contributed by atoms with Crippen molar-refractivity contribution in [1.29, 1.82) is 0 Å². The van der Waals surface area contributed by atoms with Crippen molar-refractivity contribution >= 4 is 28.2 Å². The first-order chi connectivity index (χ1) is 14.9. The molecule has 0 fully saturated rings. The van der Waals surface area contributed by atoms with E-state index in [0.29, 0.717) is 16.8 Å². The van der Waals surface area contributed by atoms with Crippen LogP contribution in [0.4, 0.5) is 11.4 Å². The maximum Gasteiger partial charge on any atom is 0.269 e. The standard InChI is InChI=1S/C24H19N3O4/c1-16-7-8-18-14-19(23(28)25-22(18)13-16)15-26(20-5-3-2-4-6-20)24(29)17-9-11-21(12-10-17)27(30)31/h2-14H,15H2,1H3,(H,25,28). The van der Waals surface area contributed by atoms with E-state index in [1.807, 2.05) is 31.2 Å². The molecule has 154 valence electrons. The number of aromatic nitrogens is 1. The number of rotatable bonds is 5. The number of anilines is 1. The molecule has 0 spiro atoms. The van der Waals surface area contributed by atoms with Crippen LogP contribution in [0, 0.1) is 17.0 Å². The van der Waals surface area contributed by atoms with E-state index in [-0.39, 0.29) is 23.7 Å². The van der Waals surface area contributed by atoms with Gasteiger partial charge in [0.05, 0.1) is 11.5 Å². The van der Waals surface area contributed by atoms with Crippen LogP contribution in [-0.4, -0.2) is 15.8 Å². The number of non-ortho nitro benzene ring substituents is 1. The third kappa shape index (κ3) is 4.20. The highest BCUT2D eigenvalue weighted by atomic mass is 16.6. The second-order valence-electron chi connectivity index (χ2n) is 7.25. The summed E-state index contributed by atoms with van der Waals surface area (Å²) < 4.78 is 0. The number of hydrogen-bond donors (Lipinski definition) is 1. The van der Waals surface area contributed by atoms with Gasteiger partial charge in [-0.25, -0.2) is 0 Å². The third-order valence-electron chi connectivity index (χ3n) is 5.04. The highest BCUT2D eigenvalue weighted by Gasteiger charge is 2.20. The summed E-state index contributed by atoms with van der Waals surface area (Å²) in [7, 11) is 0. The van der Waals surface area contributed by atoms with E-state index in [2.05, 4.69) is 4.98 Å². The van der Waals surface area contributed by atoms with Gasteiger partial charge in [0, 0.05) is 34.5 Å². The molecule has 4 aromatic rings. The van der Waals surface area contributed by atoms with E-state index in [4.69, 9.17) is 0 Å². The van der Waals surface area contributed by atoms with Crippen molar-refractivity contribution in [3.63, 3.8) is 0 Å². The van der Waals surface area contributed by atoms with Gasteiger partial charge < -0.3 is 9.88 Å². The minimum Gasteiger partial charge on any atom is -0.322 e. The molecule has 1 aromatic heterocycles. The first-order valence-corrected chi connectivity index (χ1v) is 9.66. The number of aromatic amines is 1. The van der Waals surface area contributed by atoms with Crippen molar-refractivity contribution in [2.45, 2.75) is 13.5 Å². The van der Waals surface area contributed by atoms with Crippen molar-refractivity contribution in [2.24, 2.45) is 0 Å². The lowest BCUT2D eigenvalue weighted by Gasteiger charge is -2.23. The Balaban J connectivity index is 1.74. The zero-order valence-electron chi connectivity index (χ0n) is 16.7. The summed E-state index contributed by atoms with van der Waals surface area (Å²) in [5, 5.41) is 11.8. The van der Waals surface area contributed by atoms with Crippen LogP contribution in [0.15, 0.2) is 83.7 Å². The predicted molar refractivity (Wildman–Crippen MR) is 119 cm³/mol. The molecule has 0 saturated heterocycles. The van der Waals surface area contributed by atoms with Crippen LogP contribution < -0.4 is 10.5 Å². The minimum atomic E-state index is -0.514. The van der Waals surface area contributed by atoms with Gasteiger partial charge in [-0.3, -0.25) is 19.7 Å². The van der Waals surface area contributed by atoms with Crippen LogP contribution in [0.5, 0.6) is 0 Å². The monoisotopic (exact) mass is 413 g/mol. The number of aryl methyl sites for hydroxylation is 1. The summed E-state index contributed by atoms with van der Waals surface area (Å²) in [6, 6.07) is 22.0. The van der Waals surface area contributed by atoms with Crippen molar-refractivity contribution in [3.8, 4) is 0 Å². The van der Waals surface area contributed by atoms with Crippen LogP contribution in [0.2, 0.25) is 0 Å². The lowest BCUT2D eigenvalue weighted by atomic mass is 10.1. The fourth-order valence-corrected chi connectivity index (χ4v) is 3.42. The summed E-state index contributed by atoms with van der Waals surface area (Å²) in [4.78, 5) is 40.8. The average molecular weight is 413 g/mol. The largest absolute Gasteiger partial charge is 0.322 e. The third-order valence-corrected chi connectivity index (χ3v) is 5.04. The number of nitro groups is 1. The number of H-pyrrole nitrogens is 1. The molecule has 0 aliphatic heterocycles. The van der Waals surface area contributed by atoms with E-state index < -0.39 is 4.92 Å². The lowest BCUT2D eigenvalue weighted by molar-refractivity contribution is -0.384. The number of benzene rings is 3. The fraction of sp³-hybridized carbons (Fsp3) is 0.0833. The Labute approximate surface area is 177 Å².